The highest BCUT2D eigenvalue weighted by Crippen LogP contribution is 2.24. The van der Waals surface area contributed by atoms with E-state index in [0.717, 1.165) is 24.7 Å². The van der Waals surface area contributed by atoms with Crippen LogP contribution in [0.1, 0.15) is 25.5 Å². The number of hydrogen-bond donors (Lipinski definition) is 2. The average molecular weight is 314 g/mol. The summed E-state index contributed by atoms with van der Waals surface area (Å²) in [6, 6.07) is 9.26. The number of carbonyl (C=O) groups excluding carboxylic acids is 1. The van der Waals surface area contributed by atoms with Crippen molar-refractivity contribution in [2.24, 2.45) is 5.92 Å². The third-order valence-corrected chi connectivity index (χ3v) is 4.14. The number of nitrogens with zero attached hydrogens (tertiary/aromatic N) is 2. The van der Waals surface area contributed by atoms with Crippen molar-refractivity contribution in [1.29, 1.82) is 0 Å². The van der Waals surface area contributed by atoms with E-state index in [9.17, 15) is 4.79 Å². The molecule has 6 nitrogen and oxygen atoms in total. The van der Waals surface area contributed by atoms with E-state index in [2.05, 4.69) is 27.6 Å². The maximum absolute atomic E-state index is 11.9. The molecule has 1 saturated heterocycles. The molecule has 2 N–H and O–H groups in total. The van der Waals surface area contributed by atoms with E-state index < -0.39 is 0 Å². The van der Waals surface area contributed by atoms with Crippen molar-refractivity contribution in [3.05, 3.63) is 36.1 Å². The quantitative estimate of drug-likeness (QED) is 0.902. The molecule has 122 valence electrons. The minimum absolute atomic E-state index is 0.335. The fraction of sp³-hybridized carbons (Fsp3) is 0.412. The van der Waals surface area contributed by atoms with Crippen LogP contribution in [0.2, 0.25) is 0 Å². The zero-order chi connectivity index (χ0) is 16.2. The predicted molar refractivity (Wildman–Crippen MR) is 90.9 cm³/mol. The van der Waals surface area contributed by atoms with Gasteiger partial charge < -0.3 is 14.7 Å². The van der Waals surface area contributed by atoms with Crippen molar-refractivity contribution in [1.82, 2.24) is 5.16 Å². The van der Waals surface area contributed by atoms with Gasteiger partial charge >= 0.3 is 6.03 Å². The van der Waals surface area contributed by atoms with E-state index in [1.54, 1.807) is 13.0 Å². The Hall–Kier alpha value is -2.50. The Bertz CT molecular complexity index is 657. The third-order valence-electron chi connectivity index (χ3n) is 4.14. The molecule has 0 spiro atoms. The third kappa shape index (κ3) is 4.03. The summed E-state index contributed by atoms with van der Waals surface area (Å²) in [5.74, 6) is 1.87. The first kappa shape index (κ1) is 15.4. The highest BCUT2D eigenvalue weighted by molar-refractivity contribution is 5.99. The number of anilines is 3. The minimum Gasteiger partial charge on any atom is -0.372 e. The number of piperidine rings is 1. The van der Waals surface area contributed by atoms with E-state index in [0.29, 0.717) is 11.6 Å². The minimum atomic E-state index is -0.335. The van der Waals surface area contributed by atoms with Crippen molar-refractivity contribution in [2.75, 3.05) is 28.6 Å². The molecule has 1 aromatic heterocycles. The fourth-order valence-corrected chi connectivity index (χ4v) is 2.73. The Morgan fingerprint density at radius 1 is 1.22 bits per heavy atom. The summed E-state index contributed by atoms with van der Waals surface area (Å²) in [7, 11) is 0. The number of amides is 2. The summed E-state index contributed by atoms with van der Waals surface area (Å²) < 4.78 is 4.91. The number of urea groups is 1. The number of hydrogen-bond acceptors (Lipinski definition) is 4. The standard InChI is InChI=1S/C17H22N4O2/c1-12-7-9-21(10-8-12)15-5-3-14(4-6-15)18-17(22)19-16-11-13(2)23-20-16/h3-6,11-12H,7-10H2,1-2H3,(H2,18,19,20,22). The van der Waals surface area contributed by atoms with Crippen LogP contribution in [0.4, 0.5) is 22.0 Å². The van der Waals surface area contributed by atoms with Gasteiger partial charge in [0.1, 0.15) is 5.76 Å². The van der Waals surface area contributed by atoms with Crippen LogP contribution in [0.15, 0.2) is 34.9 Å². The maximum atomic E-state index is 11.9. The summed E-state index contributed by atoms with van der Waals surface area (Å²) in [5.41, 5.74) is 1.95. The van der Waals surface area contributed by atoms with Gasteiger partial charge in [0, 0.05) is 30.5 Å². The zero-order valence-electron chi connectivity index (χ0n) is 13.5. The number of rotatable bonds is 3. The van der Waals surface area contributed by atoms with Gasteiger partial charge in [-0.3, -0.25) is 5.32 Å². The highest BCUT2D eigenvalue weighted by atomic mass is 16.5. The molecule has 1 aliphatic heterocycles. The summed E-state index contributed by atoms with van der Waals surface area (Å²) in [5, 5.41) is 9.14. The molecule has 1 aromatic carbocycles. The van der Waals surface area contributed by atoms with E-state index in [1.807, 2.05) is 24.3 Å². The van der Waals surface area contributed by atoms with Crippen LogP contribution in [0.25, 0.3) is 0 Å². The molecule has 0 radical (unpaired) electrons. The highest BCUT2D eigenvalue weighted by Gasteiger charge is 2.16. The SMILES string of the molecule is Cc1cc(NC(=O)Nc2ccc(N3CCC(C)CC3)cc2)no1. The van der Waals surface area contributed by atoms with Crippen LogP contribution in [0, 0.1) is 12.8 Å². The van der Waals surface area contributed by atoms with Gasteiger partial charge in [0.2, 0.25) is 0 Å². The molecule has 0 saturated carbocycles. The Morgan fingerprint density at radius 3 is 2.52 bits per heavy atom. The van der Waals surface area contributed by atoms with Crippen LogP contribution in [-0.4, -0.2) is 24.3 Å². The largest absolute Gasteiger partial charge is 0.372 e. The Labute approximate surface area is 135 Å². The molecule has 0 aliphatic carbocycles. The lowest BCUT2D eigenvalue weighted by atomic mass is 9.99. The molecule has 0 atom stereocenters. The van der Waals surface area contributed by atoms with Crippen LogP contribution in [0.3, 0.4) is 0 Å². The Morgan fingerprint density at radius 2 is 1.91 bits per heavy atom. The van der Waals surface area contributed by atoms with Crippen molar-refractivity contribution >= 4 is 23.2 Å². The lowest BCUT2D eigenvalue weighted by Gasteiger charge is -2.32. The molecular weight excluding hydrogens is 292 g/mol. The van der Waals surface area contributed by atoms with Gasteiger partial charge in [0.05, 0.1) is 0 Å². The molecular formula is C17H22N4O2. The van der Waals surface area contributed by atoms with Crippen LogP contribution < -0.4 is 15.5 Å². The topological polar surface area (TPSA) is 70.4 Å². The first-order valence-electron chi connectivity index (χ1n) is 7.96. The van der Waals surface area contributed by atoms with Crippen molar-refractivity contribution in [3.63, 3.8) is 0 Å². The Kier molecular flexibility index (Phi) is 4.50. The molecule has 3 rings (SSSR count). The second-order valence-electron chi connectivity index (χ2n) is 6.12. The second kappa shape index (κ2) is 6.73. The second-order valence-corrected chi connectivity index (χ2v) is 6.12. The number of carbonyl (C=O) groups is 1. The van der Waals surface area contributed by atoms with E-state index in [-0.39, 0.29) is 6.03 Å². The van der Waals surface area contributed by atoms with E-state index in [4.69, 9.17) is 4.52 Å². The molecule has 0 unspecified atom stereocenters. The zero-order valence-corrected chi connectivity index (χ0v) is 13.5. The van der Waals surface area contributed by atoms with Crippen LogP contribution in [0.5, 0.6) is 0 Å². The van der Waals surface area contributed by atoms with Gasteiger partial charge in [-0.15, -0.1) is 0 Å². The van der Waals surface area contributed by atoms with Gasteiger partial charge in [0.25, 0.3) is 0 Å². The predicted octanol–water partition coefficient (Wildman–Crippen LogP) is 3.86. The fourth-order valence-electron chi connectivity index (χ4n) is 2.73. The number of aryl methyl sites for hydroxylation is 1. The summed E-state index contributed by atoms with van der Waals surface area (Å²) in [6.45, 7) is 6.27. The molecule has 2 amide bonds. The molecule has 0 bridgehead atoms. The lowest BCUT2D eigenvalue weighted by molar-refractivity contribution is 0.262. The van der Waals surface area contributed by atoms with Crippen molar-refractivity contribution < 1.29 is 9.32 Å². The molecule has 1 fully saturated rings. The van der Waals surface area contributed by atoms with Gasteiger partial charge in [-0.2, -0.15) is 0 Å². The van der Waals surface area contributed by atoms with Gasteiger partial charge in [-0.05, 0) is 49.9 Å². The monoisotopic (exact) mass is 314 g/mol. The first-order valence-corrected chi connectivity index (χ1v) is 7.96. The molecule has 1 aliphatic rings. The average Bonchev–Trinajstić information content (AvgIpc) is 2.94. The van der Waals surface area contributed by atoms with Crippen LogP contribution in [-0.2, 0) is 0 Å². The normalized spacial score (nSPS) is 15.5. The maximum Gasteiger partial charge on any atom is 0.324 e. The van der Waals surface area contributed by atoms with Gasteiger partial charge in [0.15, 0.2) is 5.82 Å². The van der Waals surface area contributed by atoms with Crippen molar-refractivity contribution in [2.45, 2.75) is 26.7 Å². The van der Waals surface area contributed by atoms with E-state index in [1.165, 1.54) is 18.5 Å². The number of benzene rings is 1. The van der Waals surface area contributed by atoms with Gasteiger partial charge in [-0.25, -0.2) is 4.79 Å². The Balaban J connectivity index is 1.55. The summed E-state index contributed by atoms with van der Waals surface area (Å²) >= 11 is 0. The van der Waals surface area contributed by atoms with Gasteiger partial charge in [-0.1, -0.05) is 12.1 Å². The summed E-state index contributed by atoms with van der Waals surface area (Å²) in [6.07, 6.45) is 2.47. The number of aromatic nitrogens is 1. The molecule has 2 heterocycles. The van der Waals surface area contributed by atoms with E-state index >= 15 is 0 Å². The first-order chi connectivity index (χ1) is 11.1. The molecule has 6 heteroatoms. The molecule has 23 heavy (non-hydrogen) atoms. The summed E-state index contributed by atoms with van der Waals surface area (Å²) in [4.78, 5) is 14.3. The smallest absolute Gasteiger partial charge is 0.324 e. The molecule has 2 aromatic rings. The lowest BCUT2D eigenvalue weighted by Crippen LogP contribution is -2.32. The van der Waals surface area contributed by atoms with Crippen molar-refractivity contribution in [3.8, 4) is 0 Å². The number of nitrogens with one attached hydrogen (secondary N) is 2. The van der Waals surface area contributed by atoms with Crippen LogP contribution >= 0.6 is 0 Å².